The molecule has 0 aliphatic carbocycles. The van der Waals surface area contributed by atoms with Crippen molar-refractivity contribution in [2.24, 2.45) is 0 Å². The zero-order valence-corrected chi connectivity index (χ0v) is 13.9. The number of aryl methyl sites for hydroxylation is 1. The summed E-state index contributed by atoms with van der Waals surface area (Å²) in [6, 6.07) is 8.95. The van der Waals surface area contributed by atoms with Crippen LogP contribution in [-0.4, -0.2) is 40.6 Å². The van der Waals surface area contributed by atoms with E-state index in [0.29, 0.717) is 6.04 Å². The third kappa shape index (κ3) is 5.78. The number of carbonyl (C=O) groups excluding carboxylic acids is 1. The van der Waals surface area contributed by atoms with Crippen LogP contribution in [0.15, 0.2) is 24.3 Å². The minimum atomic E-state index is -0.604. The number of benzene rings is 1. The molecule has 1 aromatic carbocycles. The molecule has 0 bridgehead atoms. The highest BCUT2D eigenvalue weighted by Crippen LogP contribution is 2.16. The van der Waals surface area contributed by atoms with Gasteiger partial charge in [0.25, 0.3) is 0 Å². The van der Waals surface area contributed by atoms with E-state index >= 15 is 0 Å². The molecule has 122 valence electrons. The lowest BCUT2D eigenvalue weighted by molar-refractivity contribution is -0.119. The standard InChI is InChI=1S/C18H28N2O2/c1-14(21)19-17-9-11-20(13-17)12-16-6-4-15(5-7-16)8-10-18(2,3)22/h4-7,17,22H,8-13H2,1-3H3,(H,19,21). The normalized spacial score (nSPS) is 19.4. The van der Waals surface area contributed by atoms with Gasteiger partial charge in [0, 0.05) is 32.6 Å². The van der Waals surface area contributed by atoms with Crippen LogP contribution in [0.4, 0.5) is 0 Å². The Morgan fingerprint density at radius 3 is 2.55 bits per heavy atom. The fraction of sp³-hybridized carbons (Fsp3) is 0.611. The van der Waals surface area contributed by atoms with Gasteiger partial charge in [0.15, 0.2) is 0 Å². The predicted molar refractivity (Wildman–Crippen MR) is 88.6 cm³/mol. The zero-order chi connectivity index (χ0) is 16.2. The van der Waals surface area contributed by atoms with E-state index in [1.807, 2.05) is 13.8 Å². The van der Waals surface area contributed by atoms with Crippen molar-refractivity contribution in [3.05, 3.63) is 35.4 Å². The van der Waals surface area contributed by atoms with Gasteiger partial charge in [0.2, 0.25) is 5.91 Å². The molecule has 2 N–H and O–H groups in total. The van der Waals surface area contributed by atoms with Crippen molar-refractivity contribution in [2.45, 2.75) is 58.2 Å². The monoisotopic (exact) mass is 304 g/mol. The molecule has 2 rings (SSSR count). The summed E-state index contributed by atoms with van der Waals surface area (Å²) in [5.41, 5.74) is 1.96. The highest BCUT2D eigenvalue weighted by Gasteiger charge is 2.22. The minimum absolute atomic E-state index is 0.0583. The van der Waals surface area contributed by atoms with E-state index in [4.69, 9.17) is 0 Å². The van der Waals surface area contributed by atoms with Crippen molar-refractivity contribution >= 4 is 5.91 Å². The molecular weight excluding hydrogens is 276 g/mol. The fourth-order valence-corrected chi connectivity index (χ4v) is 2.90. The molecular formula is C18H28N2O2. The molecule has 1 unspecified atom stereocenters. The number of aliphatic hydroxyl groups is 1. The Labute approximate surface area is 133 Å². The van der Waals surface area contributed by atoms with Gasteiger partial charge in [0.1, 0.15) is 0 Å². The van der Waals surface area contributed by atoms with Gasteiger partial charge in [-0.1, -0.05) is 24.3 Å². The van der Waals surface area contributed by atoms with Crippen molar-refractivity contribution in [3.8, 4) is 0 Å². The van der Waals surface area contributed by atoms with Gasteiger partial charge in [0.05, 0.1) is 5.60 Å². The number of rotatable bonds is 6. The van der Waals surface area contributed by atoms with Crippen molar-refractivity contribution < 1.29 is 9.90 Å². The van der Waals surface area contributed by atoms with Gasteiger partial charge in [-0.25, -0.2) is 0 Å². The summed E-state index contributed by atoms with van der Waals surface area (Å²) in [5.74, 6) is 0.0583. The second kappa shape index (κ2) is 7.25. The Balaban J connectivity index is 1.81. The van der Waals surface area contributed by atoms with Gasteiger partial charge in [-0.2, -0.15) is 0 Å². The largest absolute Gasteiger partial charge is 0.390 e. The van der Waals surface area contributed by atoms with Gasteiger partial charge in [-0.05, 0) is 44.2 Å². The van der Waals surface area contributed by atoms with Crippen molar-refractivity contribution in [1.29, 1.82) is 0 Å². The lowest BCUT2D eigenvalue weighted by Gasteiger charge is -2.18. The van der Waals surface area contributed by atoms with Crippen molar-refractivity contribution in [3.63, 3.8) is 0 Å². The molecule has 1 aliphatic rings. The number of carbonyl (C=O) groups is 1. The topological polar surface area (TPSA) is 52.6 Å². The van der Waals surface area contributed by atoms with E-state index in [1.165, 1.54) is 11.1 Å². The maximum atomic E-state index is 11.1. The molecule has 1 amide bonds. The van der Waals surface area contributed by atoms with Gasteiger partial charge in [-0.15, -0.1) is 0 Å². The van der Waals surface area contributed by atoms with Gasteiger partial charge < -0.3 is 10.4 Å². The van der Waals surface area contributed by atoms with E-state index in [2.05, 4.69) is 34.5 Å². The summed E-state index contributed by atoms with van der Waals surface area (Å²) < 4.78 is 0. The quantitative estimate of drug-likeness (QED) is 0.846. The van der Waals surface area contributed by atoms with Crippen LogP contribution in [0.5, 0.6) is 0 Å². The van der Waals surface area contributed by atoms with Crippen molar-refractivity contribution in [2.75, 3.05) is 13.1 Å². The Morgan fingerprint density at radius 1 is 1.32 bits per heavy atom. The Kier molecular flexibility index (Phi) is 5.59. The van der Waals surface area contributed by atoms with Crippen molar-refractivity contribution in [1.82, 2.24) is 10.2 Å². The third-order valence-corrected chi connectivity index (χ3v) is 4.13. The second-order valence-corrected chi connectivity index (χ2v) is 7.05. The molecule has 4 heteroatoms. The minimum Gasteiger partial charge on any atom is -0.390 e. The Bertz CT molecular complexity index is 491. The summed E-state index contributed by atoms with van der Waals surface area (Å²) >= 11 is 0. The average molecular weight is 304 g/mol. The first-order valence-corrected chi connectivity index (χ1v) is 8.11. The summed E-state index contributed by atoms with van der Waals surface area (Å²) in [6.45, 7) is 8.17. The number of nitrogens with zero attached hydrogens (tertiary/aromatic N) is 1. The van der Waals surface area contributed by atoms with Crippen LogP contribution in [0.1, 0.15) is 44.7 Å². The molecule has 1 fully saturated rings. The lowest BCUT2D eigenvalue weighted by atomic mass is 9.98. The maximum absolute atomic E-state index is 11.1. The first-order chi connectivity index (χ1) is 10.3. The van der Waals surface area contributed by atoms with Crippen LogP contribution in [-0.2, 0) is 17.8 Å². The highest BCUT2D eigenvalue weighted by molar-refractivity contribution is 5.73. The van der Waals surface area contributed by atoms with Gasteiger partial charge >= 0.3 is 0 Å². The molecule has 0 spiro atoms. The number of hydrogen-bond acceptors (Lipinski definition) is 3. The molecule has 22 heavy (non-hydrogen) atoms. The SMILES string of the molecule is CC(=O)NC1CCN(Cc2ccc(CCC(C)(C)O)cc2)C1. The molecule has 1 atom stereocenters. The summed E-state index contributed by atoms with van der Waals surface area (Å²) in [5, 5.41) is 12.8. The summed E-state index contributed by atoms with van der Waals surface area (Å²) in [7, 11) is 0. The van der Waals surface area contributed by atoms with Crippen LogP contribution < -0.4 is 5.32 Å². The fourth-order valence-electron chi connectivity index (χ4n) is 2.90. The summed E-state index contributed by atoms with van der Waals surface area (Å²) in [4.78, 5) is 13.5. The van der Waals surface area contributed by atoms with E-state index in [1.54, 1.807) is 6.92 Å². The maximum Gasteiger partial charge on any atom is 0.217 e. The smallest absolute Gasteiger partial charge is 0.217 e. The molecule has 0 aromatic heterocycles. The van der Waals surface area contributed by atoms with E-state index < -0.39 is 5.60 Å². The third-order valence-electron chi connectivity index (χ3n) is 4.13. The Morgan fingerprint density at radius 2 is 1.95 bits per heavy atom. The van der Waals surface area contributed by atoms with Crippen LogP contribution in [0.3, 0.4) is 0 Å². The first-order valence-electron chi connectivity index (χ1n) is 8.11. The first kappa shape index (κ1) is 17.0. The van der Waals surface area contributed by atoms with E-state index in [9.17, 15) is 9.90 Å². The highest BCUT2D eigenvalue weighted by atomic mass is 16.3. The number of nitrogens with one attached hydrogen (secondary N) is 1. The van der Waals surface area contributed by atoms with E-state index in [-0.39, 0.29) is 5.91 Å². The number of likely N-dealkylation sites (tertiary alicyclic amines) is 1. The Hall–Kier alpha value is -1.39. The van der Waals surface area contributed by atoms with Gasteiger partial charge in [-0.3, -0.25) is 9.69 Å². The van der Waals surface area contributed by atoms with E-state index in [0.717, 1.165) is 38.9 Å². The zero-order valence-electron chi connectivity index (χ0n) is 13.9. The number of hydrogen-bond donors (Lipinski definition) is 2. The molecule has 0 saturated carbocycles. The lowest BCUT2D eigenvalue weighted by Crippen LogP contribution is -2.35. The molecule has 1 heterocycles. The molecule has 1 saturated heterocycles. The van der Waals surface area contributed by atoms with Crippen LogP contribution >= 0.6 is 0 Å². The second-order valence-electron chi connectivity index (χ2n) is 7.05. The number of amides is 1. The average Bonchev–Trinajstić information content (AvgIpc) is 2.83. The molecule has 1 aliphatic heterocycles. The van der Waals surface area contributed by atoms with Crippen LogP contribution in [0.25, 0.3) is 0 Å². The predicted octanol–water partition coefficient (Wildman–Crippen LogP) is 2.10. The van der Waals surface area contributed by atoms with Crippen LogP contribution in [0, 0.1) is 0 Å². The molecule has 4 nitrogen and oxygen atoms in total. The molecule has 1 aromatic rings. The summed E-state index contributed by atoms with van der Waals surface area (Å²) in [6.07, 6.45) is 2.71. The molecule has 0 radical (unpaired) electrons. The van der Waals surface area contributed by atoms with Crippen LogP contribution in [0.2, 0.25) is 0 Å².